The van der Waals surface area contributed by atoms with Crippen LogP contribution in [0.5, 0.6) is 11.5 Å². The van der Waals surface area contributed by atoms with Crippen molar-refractivity contribution in [1.29, 1.82) is 0 Å². The molecule has 0 bridgehead atoms. The first-order valence-electron chi connectivity index (χ1n) is 9.69. The second-order valence-corrected chi connectivity index (χ2v) is 6.30. The lowest BCUT2D eigenvalue weighted by Gasteiger charge is -2.11. The van der Waals surface area contributed by atoms with Gasteiger partial charge in [0.1, 0.15) is 11.5 Å². The molecular formula is C24H24O7. The summed E-state index contributed by atoms with van der Waals surface area (Å²) in [7, 11) is 0. The van der Waals surface area contributed by atoms with Crippen molar-refractivity contribution >= 4 is 35.6 Å². The molecule has 7 nitrogen and oxygen atoms in total. The number of aromatic hydroxyl groups is 1. The molecule has 162 valence electrons. The van der Waals surface area contributed by atoms with Crippen LogP contribution in [-0.2, 0) is 23.9 Å². The third-order valence-corrected chi connectivity index (χ3v) is 3.96. The van der Waals surface area contributed by atoms with Gasteiger partial charge in [-0.2, -0.15) is 0 Å². The van der Waals surface area contributed by atoms with Crippen LogP contribution in [0, 0.1) is 0 Å². The first-order valence-corrected chi connectivity index (χ1v) is 9.69. The number of phenols is 1. The molecule has 0 heterocycles. The van der Waals surface area contributed by atoms with Gasteiger partial charge in [0.15, 0.2) is 0 Å². The van der Waals surface area contributed by atoms with E-state index in [1.807, 2.05) is 0 Å². The van der Waals surface area contributed by atoms with Gasteiger partial charge in [-0.3, -0.25) is 4.79 Å². The van der Waals surface area contributed by atoms with Gasteiger partial charge in [0.2, 0.25) is 0 Å². The third-order valence-electron chi connectivity index (χ3n) is 3.96. The molecule has 0 aliphatic rings. The van der Waals surface area contributed by atoms with E-state index >= 15 is 0 Å². The van der Waals surface area contributed by atoms with E-state index in [0.717, 1.165) is 0 Å². The van der Waals surface area contributed by atoms with Gasteiger partial charge in [0, 0.05) is 18.6 Å². The highest BCUT2D eigenvalue weighted by molar-refractivity contribution is 6.22. The fraction of sp³-hybridized carbons (Fsp3) is 0.208. The molecule has 0 aliphatic heterocycles. The van der Waals surface area contributed by atoms with E-state index in [-0.39, 0.29) is 30.1 Å². The van der Waals surface area contributed by atoms with Gasteiger partial charge in [-0.15, -0.1) is 0 Å². The monoisotopic (exact) mass is 424 g/mol. The van der Waals surface area contributed by atoms with Crippen LogP contribution < -0.4 is 4.74 Å². The van der Waals surface area contributed by atoms with Gasteiger partial charge in [-0.25, -0.2) is 9.59 Å². The van der Waals surface area contributed by atoms with Crippen molar-refractivity contribution in [1.82, 2.24) is 0 Å². The SMILES string of the molecule is CCOC(=O)/C=C/c1ccc(O)c(/C(=C\c2ccc(OC(C)=O)cc2)C(=O)OCC)c1. The maximum absolute atomic E-state index is 12.6. The highest BCUT2D eigenvalue weighted by atomic mass is 16.5. The van der Waals surface area contributed by atoms with Crippen molar-refractivity contribution in [3.63, 3.8) is 0 Å². The molecule has 0 unspecified atom stereocenters. The minimum absolute atomic E-state index is 0.121. The van der Waals surface area contributed by atoms with Crippen LogP contribution in [0.4, 0.5) is 0 Å². The zero-order chi connectivity index (χ0) is 22.8. The molecule has 0 fully saturated rings. The average Bonchev–Trinajstić information content (AvgIpc) is 2.73. The number of carbonyl (C=O) groups excluding carboxylic acids is 3. The summed E-state index contributed by atoms with van der Waals surface area (Å²) in [6, 6.07) is 11.1. The van der Waals surface area contributed by atoms with Crippen molar-refractivity contribution in [2.75, 3.05) is 13.2 Å². The fourth-order valence-corrected chi connectivity index (χ4v) is 2.65. The lowest BCUT2D eigenvalue weighted by molar-refractivity contribution is -0.137. The Balaban J connectivity index is 2.44. The lowest BCUT2D eigenvalue weighted by Crippen LogP contribution is -2.07. The Kier molecular flexibility index (Phi) is 8.57. The number of hydrogen-bond donors (Lipinski definition) is 1. The fourth-order valence-electron chi connectivity index (χ4n) is 2.65. The Labute approximate surface area is 180 Å². The van der Waals surface area contributed by atoms with Gasteiger partial charge in [-0.1, -0.05) is 18.2 Å². The quantitative estimate of drug-likeness (QED) is 0.296. The normalized spacial score (nSPS) is 11.3. The van der Waals surface area contributed by atoms with Gasteiger partial charge >= 0.3 is 17.9 Å². The Morgan fingerprint density at radius 2 is 1.58 bits per heavy atom. The molecule has 7 heteroatoms. The van der Waals surface area contributed by atoms with Gasteiger partial charge in [-0.05, 0) is 61.4 Å². The summed E-state index contributed by atoms with van der Waals surface area (Å²) < 4.78 is 15.0. The minimum Gasteiger partial charge on any atom is -0.507 e. The van der Waals surface area contributed by atoms with Crippen LogP contribution in [-0.4, -0.2) is 36.2 Å². The second-order valence-electron chi connectivity index (χ2n) is 6.30. The maximum atomic E-state index is 12.6. The minimum atomic E-state index is -0.617. The summed E-state index contributed by atoms with van der Waals surface area (Å²) in [5.41, 5.74) is 1.59. The number of rotatable bonds is 8. The molecule has 1 N–H and O–H groups in total. The molecule has 2 aromatic carbocycles. The van der Waals surface area contributed by atoms with E-state index in [0.29, 0.717) is 16.9 Å². The Bertz CT molecular complexity index is 1000. The van der Waals surface area contributed by atoms with E-state index < -0.39 is 17.9 Å². The van der Waals surface area contributed by atoms with Crippen molar-refractivity contribution < 1.29 is 33.7 Å². The zero-order valence-corrected chi connectivity index (χ0v) is 17.6. The molecule has 0 radical (unpaired) electrons. The number of phenolic OH excluding ortho intramolecular Hbond substituents is 1. The largest absolute Gasteiger partial charge is 0.507 e. The van der Waals surface area contributed by atoms with E-state index in [9.17, 15) is 19.5 Å². The summed E-state index contributed by atoms with van der Waals surface area (Å²) in [6.45, 7) is 5.11. The number of esters is 3. The lowest BCUT2D eigenvalue weighted by atomic mass is 9.99. The Hall–Kier alpha value is -3.87. The Morgan fingerprint density at radius 3 is 2.19 bits per heavy atom. The molecule has 31 heavy (non-hydrogen) atoms. The predicted octanol–water partition coefficient (Wildman–Crippen LogP) is 4.00. The van der Waals surface area contributed by atoms with Crippen LogP contribution in [0.2, 0.25) is 0 Å². The molecule has 0 aromatic heterocycles. The summed E-state index contributed by atoms with van der Waals surface area (Å²) >= 11 is 0. The summed E-state index contributed by atoms with van der Waals surface area (Å²) in [4.78, 5) is 35.2. The van der Waals surface area contributed by atoms with Crippen molar-refractivity contribution in [3.8, 4) is 11.5 Å². The van der Waals surface area contributed by atoms with Gasteiger partial charge in [0.25, 0.3) is 0 Å². The molecule has 0 atom stereocenters. The average molecular weight is 424 g/mol. The first-order chi connectivity index (χ1) is 14.8. The van der Waals surface area contributed by atoms with Crippen LogP contribution >= 0.6 is 0 Å². The molecule has 2 aromatic rings. The number of benzene rings is 2. The van der Waals surface area contributed by atoms with E-state index in [2.05, 4.69) is 0 Å². The van der Waals surface area contributed by atoms with Crippen molar-refractivity contribution in [3.05, 3.63) is 65.2 Å². The van der Waals surface area contributed by atoms with Gasteiger partial charge in [0.05, 0.1) is 18.8 Å². The molecule has 0 saturated carbocycles. The van der Waals surface area contributed by atoms with Crippen molar-refractivity contribution in [2.45, 2.75) is 20.8 Å². The van der Waals surface area contributed by atoms with E-state index in [4.69, 9.17) is 14.2 Å². The van der Waals surface area contributed by atoms with Crippen LogP contribution in [0.1, 0.15) is 37.5 Å². The third kappa shape index (κ3) is 7.15. The number of ether oxygens (including phenoxy) is 3. The second kappa shape index (κ2) is 11.3. The van der Waals surface area contributed by atoms with E-state index in [1.165, 1.54) is 25.1 Å². The van der Waals surface area contributed by atoms with Crippen molar-refractivity contribution in [2.24, 2.45) is 0 Å². The number of hydrogen-bond acceptors (Lipinski definition) is 7. The van der Waals surface area contributed by atoms with E-state index in [1.54, 1.807) is 56.3 Å². The zero-order valence-electron chi connectivity index (χ0n) is 17.6. The summed E-state index contributed by atoms with van der Waals surface area (Å²) in [5.74, 6) is -1.30. The molecule has 0 amide bonds. The van der Waals surface area contributed by atoms with Crippen LogP contribution in [0.25, 0.3) is 17.7 Å². The first kappa shape index (κ1) is 23.4. The molecule has 2 rings (SSSR count). The highest BCUT2D eigenvalue weighted by Gasteiger charge is 2.17. The van der Waals surface area contributed by atoms with Crippen LogP contribution in [0.3, 0.4) is 0 Å². The molecule has 0 aliphatic carbocycles. The standard InChI is InChI=1S/C24H24O7/c1-4-29-23(27)13-9-18-8-12-22(26)20(14-18)21(24(28)30-5-2)15-17-6-10-19(11-7-17)31-16(3)25/h6-15,26H,4-5H2,1-3H3/b13-9+,21-15+. The summed E-state index contributed by atoms with van der Waals surface area (Å²) in [5, 5.41) is 10.4. The topological polar surface area (TPSA) is 99.1 Å². The maximum Gasteiger partial charge on any atom is 0.338 e. The Morgan fingerprint density at radius 1 is 0.935 bits per heavy atom. The smallest absolute Gasteiger partial charge is 0.338 e. The molecule has 0 saturated heterocycles. The molecular weight excluding hydrogens is 400 g/mol. The summed E-state index contributed by atoms with van der Waals surface area (Å²) in [6.07, 6.45) is 4.35. The molecule has 0 spiro atoms. The highest BCUT2D eigenvalue weighted by Crippen LogP contribution is 2.30. The number of carbonyl (C=O) groups is 3. The van der Waals surface area contributed by atoms with Gasteiger partial charge < -0.3 is 19.3 Å². The van der Waals surface area contributed by atoms with Crippen LogP contribution in [0.15, 0.2) is 48.5 Å². The predicted molar refractivity (Wildman–Crippen MR) is 116 cm³/mol.